The Morgan fingerprint density at radius 3 is 2.43 bits per heavy atom. The number of ether oxygens (including phenoxy) is 1. The van der Waals surface area contributed by atoms with E-state index in [1.54, 1.807) is 0 Å². The molecule has 3 aliphatic heterocycles. The van der Waals surface area contributed by atoms with Gasteiger partial charge in [-0.05, 0) is 36.8 Å². The summed E-state index contributed by atoms with van der Waals surface area (Å²) < 4.78 is 5.41. The van der Waals surface area contributed by atoms with E-state index >= 15 is 0 Å². The molecule has 1 aromatic heterocycles. The van der Waals surface area contributed by atoms with Crippen LogP contribution < -0.4 is 0 Å². The molecule has 35 heavy (non-hydrogen) atoms. The van der Waals surface area contributed by atoms with Gasteiger partial charge in [-0.1, -0.05) is 36.8 Å². The van der Waals surface area contributed by atoms with Gasteiger partial charge in [0.25, 0.3) is 0 Å². The summed E-state index contributed by atoms with van der Waals surface area (Å²) in [5.41, 5.74) is 4.36. The molecule has 0 radical (unpaired) electrons. The summed E-state index contributed by atoms with van der Waals surface area (Å²) in [6.07, 6.45) is 0.722. The molecule has 1 saturated heterocycles. The summed E-state index contributed by atoms with van der Waals surface area (Å²) in [5, 5.41) is 33.8. The zero-order chi connectivity index (χ0) is 25.5. The van der Waals surface area contributed by atoms with Crippen LogP contribution in [-0.4, -0.2) is 86.7 Å². The number of hydrogen-bond acceptors (Lipinski definition) is 7. The Morgan fingerprint density at radius 1 is 1.17 bits per heavy atom. The zero-order valence-electron chi connectivity index (χ0n) is 19.6. The molecule has 0 saturated carbocycles. The van der Waals surface area contributed by atoms with Crippen LogP contribution in [0.4, 0.5) is 0 Å². The minimum Gasteiger partial charge on any atom is -0.479 e. The van der Waals surface area contributed by atoms with Crippen LogP contribution >= 0.6 is 0 Å². The van der Waals surface area contributed by atoms with Crippen LogP contribution in [0.25, 0.3) is 10.9 Å². The lowest BCUT2D eigenvalue weighted by atomic mass is 9.60. The van der Waals surface area contributed by atoms with Crippen molar-refractivity contribution in [2.75, 3.05) is 20.2 Å². The monoisotopic (exact) mass is 486 g/mol. The SMILES string of the molecule is CCC1=C[C@@H]2CN3CCc4c([nH]c5ccccc45)[C@@](C(=O)OC)(C2)[C@@H]13.O=C(O)C(O)C(O)C(=O)O. The predicted molar refractivity (Wildman–Crippen MR) is 125 cm³/mol. The van der Waals surface area contributed by atoms with E-state index in [0.29, 0.717) is 5.92 Å². The van der Waals surface area contributed by atoms with Gasteiger partial charge >= 0.3 is 17.9 Å². The first kappa shape index (κ1) is 24.9. The van der Waals surface area contributed by atoms with Crippen LogP contribution in [0, 0.1) is 5.92 Å². The highest BCUT2D eigenvalue weighted by Crippen LogP contribution is 2.53. The van der Waals surface area contributed by atoms with Gasteiger partial charge in [-0.15, -0.1) is 0 Å². The number of aliphatic hydroxyl groups is 2. The van der Waals surface area contributed by atoms with Gasteiger partial charge in [0.1, 0.15) is 5.41 Å². The maximum Gasteiger partial charge on any atom is 0.335 e. The van der Waals surface area contributed by atoms with Crippen molar-refractivity contribution in [3.05, 3.63) is 47.2 Å². The van der Waals surface area contributed by atoms with Gasteiger partial charge in [0.15, 0.2) is 12.2 Å². The summed E-state index contributed by atoms with van der Waals surface area (Å²) in [6, 6.07) is 8.56. The van der Waals surface area contributed by atoms with Crippen molar-refractivity contribution in [3.63, 3.8) is 0 Å². The largest absolute Gasteiger partial charge is 0.479 e. The quantitative estimate of drug-likeness (QED) is 0.307. The number of rotatable bonds is 5. The summed E-state index contributed by atoms with van der Waals surface area (Å²) in [6.45, 7) is 4.28. The third kappa shape index (κ3) is 4.01. The standard InChI is InChI=1S/C21H24N2O2.C4H6O6/c1-3-14-10-13-11-21(20(24)25-2)18-16(8-9-23(12-13)19(14)21)15-6-4-5-7-17(15)22-18;5-1(3(7)8)2(6)4(9)10/h4-7,10,13,19,22H,3,8-9,11-12H2,1-2H3;1-2,5-6H,(H,7,8)(H,9,10)/t13-,19+,21-;/m0./s1. The van der Waals surface area contributed by atoms with Crippen LogP contribution in [-0.2, 0) is 31.0 Å². The summed E-state index contributed by atoms with van der Waals surface area (Å²) in [5.74, 6) is -3.19. The predicted octanol–water partition coefficient (Wildman–Crippen LogP) is 1.05. The lowest BCUT2D eigenvalue weighted by Crippen LogP contribution is -2.63. The number of aliphatic carboxylic acids is 2. The number of benzene rings is 1. The molecule has 4 aliphatic rings. The Balaban J connectivity index is 0.000000248. The number of carboxylic acid groups (broad SMARTS) is 2. The van der Waals surface area contributed by atoms with Crippen LogP contribution in [0.1, 0.15) is 31.0 Å². The molecule has 0 amide bonds. The smallest absolute Gasteiger partial charge is 0.335 e. The number of aromatic amines is 1. The van der Waals surface area contributed by atoms with Crippen molar-refractivity contribution in [1.82, 2.24) is 9.88 Å². The number of carbonyl (C=O) groups is 3. The molecule has 1 aromatic carbocycles. The molecule has 1 fully saturated rings. The first-order valence-corrected chi connectivity index (χ1v) is 11.6. The van der Waals surface area contributed by atoms with Crippen molar-refractivity contribution in [1.29, 1.82) is 0 Å². The summed E-state index contributed by atoms with van der Waals surface area (Å²) >= 11 is 0. The van der Waals surface area contributed by atoms with Gasteiger partial charge in [0, 0.05) is 29.7 Å². The van der Waals surface area contributed by atoms with E-state index in [1.165, 1.54) is 23.6 Å². The van der Waals surface area contributed by atoms with Crippen LogP contribution in [0.15, 0.2) is 35.9 Å². The van der Waals surface area contributed by atoms with Crippen molar-refractivity contribution < 1.29 is 39.5 Å². The van der Waals surface area contributed by atoms with Crippen molar-refractivity contribution in [2.45, 2.75) is 49.9 Å². The Bertz CT molecular complexity index is 1170. The first-order valence-electron chi connectivity index (χ1n) is 11.6. The van der Waals surface area contributed by atoms with E-state index in [0.717, 1.165) is 43.6 Å². The second kappa shape index (κ2) is 9.44. The molecule has 10 heteroatoms. The fourth-order valence-corrected chi connectivity index (χ4v) is 5.98. The van der Waals surface area contributed by atoms with Crippen molar-refractivity contribution in [3.8, 4) is 0 Å². The Kier molecular flexibility index (Phi) is 6.72. The van der Waals surface area contributed by atoms with Gasteiger partial charge in [0.05, 0.1) is 13.2 Å². The van der Waals surface area contributed by atoms with Gasteiger partial charge < -0.3 is 30.1 Å². The molecular weight excluding hydrogens is 456 g/mol. The summed E-state index contributed by atoms with van der Waals surface area (Å²) in [7, 11) is 1.53. The highest BCUT2D eigenvalue weighted by molar-refractivity contribution is 5.92. The number of esters is 1. The highest BCUT2D eigenvalue weighted by atomic mass is 16.5. The molecule has 3 unspecified atom stereocenters. The van der Waals surface area contributed by atoms with E-state index in [2.05, 4.69) is 47.1 Å². The lowest BCUT2D eigenvalue weighted by molar-refractivity contribution is -0.165. The van der Waals surface area contributed by atoms with Gasteiger partial charge in [0.2, 0.25) is 0 Å². The van der Waals surface area contributed by atoms with Crippen molar-refractivity contribution in [2.24, 2.45) is 5.92 Å². The number of carbonyl (C=O) groups excluding carboxylic acids is 1. The van der Waals surface area contributed by atoms with Gasteiger partial charge in [-0.2, -0.15) is 0 Å². The first-order chi connectivity index (χ1) is 16.6. The number of nitrogens with one attached hydrogen (secondary N) is 1. The zero-order valence-corrected chi connectivity index (χ0v) is 19.6. The number of aliphatic hydroxyl groups excluding tert-OH is 2. The number of aromatic nitrogens is 1. The fraction of sp³-hybridized carbons (Fsp3) is 0.480. The maximum atomic E-state index is 13.2. The second-order valence-electron chi connectivity index (χ2n) is 9.26. The average molecular weight is 487 g/mol. The minimum atomic E-state index is -2.27. The average Bonchev–Trinajstić information content (AvgIpc) is 3.20. The van der Waals surface area contributed by atoms with E-state index in [4.69, 9.17) is 25.2 Å². The fourth-order valence-electron chi connectivity index (χ4n) is 5.98. The molecule has 0 spiro atoms. The van der Waals surface area contributed by atoms with E-state index in [1.807, 2.05) is 0 Å². The Morgan fingerprint density at radius 2 is 1.83 bits per heavy atom. The Hall–Kier alpha value is -3.21. The third-order valence-corrected chi connectivity index (χ3v) is 7.36. The third-order valence-electron chi connectivity index (χ3n) is 7.36. The van der Waals surface area contributed by atoms with Crippen molar-refractivity contribution >= 4 is 28.8 Å². The topological polar surface area (TPSA) is 160 Å². The van der Waals surface area contributed by atoms with Gasteiger partial charge in [-0.25, -0.2) is 9.59 Å². The molecule has 1 aliphatic carbocycles. The molecule has 4 heterocycles. The number of carboxylic acids is 2. The Labute approximate surface area is 201 Å². The molecule has 188 valence electrons. The minimum absolute atomic E-state index is 0.0824. The van der Waals surface area contributed by atoms with Crippen LogP contribution in [0.3, 0.4) is 0 Å². The summed E-state index contributed by atoms with van der Waals surface area (Å²) in [4.78, 5) is 39.0. The van der Waals surface area contributed by atoms with Crippen LogP contribution in [0.2, 0.25) is 0 Å². The second-order valence-corrected chi connectivity index (χ2v) is 9.26. The van der Waals surface area contributed by atoms with Crippen LogP contribution in [0.5, 0.6) is 0 Å². The number of piperidine rings is 1. The molecule has 6 rings (SSSR count). The number of H-pyrrole nitrogens is 1. The molecule has 6 atom stereocenters. The lowest BCUT2D eigenvalue weighted by Gasteiger charge is -2.53. The highest BCUT2D eigenvalue weighted by Gasteiger charge is 2.60. The number of para-hydroxylation sites is 1. The number of nitrogens with zero attached hydrogens (tertiary/aromatic N) is 1. The van der Waals surface area contributed by atoms with Gasteiger partial charge in [-0.3, -0.25) is 9.69 Å². The number of hydrogen-bond donors (Lipinski definition) is 5. The normalized spacial score (nSPS) is 28.0. The van der Waals surface area contributed by atoms with E-state index in [-0.39, 0.29) is 12.0 Å². The molecule has 10 nitrogen and oxygen atoms in total. The molecule has 4 bridgehead atoms. The molecular formula is C25H30N2O8. The maximum absolute atomic E-state index is 13.2. The molecule has 5 N–H and O–H groups in total. The number of methoxy groups -OCH3 is 1. The van der Waals surface area contributed by atoms with E-state index < -0.39 is 29.6 Å². The van der Waals surface area contributed by atoms with E-state index in [9.17, 15) is 14.4 Å². The number of fused-ring (bicyclic) bond motifs is 3. The molecule has 2 aromatic rings.